The Hall–Kier alpha value is -1.99. The summed E-state index contributed by atoms with van der Waals surface area (Å²) in [5, 5.41) is 9.82. The van der Waals surface area contributed by atoms with Gasteiger partial charge in [0.1, 0.15) is 5.75 Å². The van der Waals surface area contributed by atoms with Crippen LogP contribution in [-0.2, 0) is 0 Å². The van der Waals surface area contributed by atoms with Crippen LogP contribution in [0.1, 0.15) is 36.0 Å². The Bertz CT molecular complexity index is 765. The Morgan fingerprint density at radius 2 is 2.25 bits per heavy atom. The zero-order valence-corrected chi connectivity index (χ0v) is 17.0. The lowest BCUT2D eigenvalue weighted by Gasteiger charge is -2.24. The van der Waals surface area contributed by atoms with E-state index >= 15 is 0 Å². The number of likely N-dealkylation sites (tertiary alicyclic amines) is 1. The average molecular weight is 406 g/mol. The molecule has 2 heterocycles. The number of carbonyl (C=O) groups excluding carboxylic acids is 1. The Morgan fingerprint density at radius 1 is 1.39 bits per heavy atom. The number of rotatable bonds is 7. The van der Waals surface area contributed by atoms with Gasteiger partial charge >= 0.3 is 0 Å². The quantitative estimate of drug-likeness (QED) is 0.649. The van der Waals surface area contributed by atoms with E-state index in [0.717, 1.165) is 32.0 Å². The van der Waals surface area contributed by atoms with Gasteiger partial charge in [-0.25, -0.2) is 0 Å². The molecular weight excluding hydrogens is 378 g/mol. The summed E-state index contributed by atoms with van der Waals surface area (Å²) in [5.41, 5.74) is 1.11. The molecule has 152 valence electrons. The van der Waals surface area contributed by atoms with Crippen LogP contribution in [0.4, 0.5) is 5.69 Å². The number of methoxy groups -OCH3 is 1. The first-order valence-electron chi connectivity index (χ1n) is 10.1. The van der Waals surface area contributed by atoms with E-state index in [4.69, 9.17) is 16.3 Å². The van der Waals surface area contributed by atoms with Gasteiger partial charge in [-0.15, -0.1) is 0 Å². The number of carbonyl (C=O) groups is 1. The number of anilines is 1. The molecule has 28 heavy (non-hydrogen) atoms. The average Bonchev–Trinajstić information content (AvgIpc) is 3.15. The minimum absolute atomic E-state index is 0.153. The van der Waals surface area contributed by atoms with Crippen LogP contribution >= 0.6 is 11.6 Å². The summed E-state index contributed by atoms with van der Waals surface area (Å²) >= 11 is 6.41. The molecule has 1 aromatic rings. The normalized spacial score (nSPS) is 21.9. The second kappa shape index (κ2) is 8.57. The molecule has 0 bridgehead atoms. The number of aliphatic imine (C=N–C) groups is 1. The Morgan fingerprint density at radius 3 is 2.96 bits per heavy atom. The molecule has 1 aliphatic carbocycles. The van der Waals surface area contributed by atoms with Crippen LogP contribution in [0, 0.1) is 5.92 Å². The lowest BCUT2D eigenvalue weighted by atomic mass is 10.1. The molecule has 7 nitrogen and oxygen atoms in total. The minimum atomic E-state index is -0.153. The maximum absolute atomic E-state index is 12.8. The predicted molar refractivity (Wildman–Crippen MR) is 112 cm³/mol. The van der Waals surface area contributed by atoms with E-state index in [2.05, 4.69) is 25.8 Å². The third-order valence-electron chi connectivity index (χ3n) is 5.65. The molecule has 3 aliphatic rings. The van der Waals surface area contributed by atoms with Crippen LogP contribution in [-0.4, -0.2) is 62.6 Å². The van der Waals surface area contributed by atoms with Gasteiger partial charge in [0.05, 0.1) is 29.9 Å². The standard InChI is InChI=1S/C20H28ClN5O2/c1-28-18-10-17(25-20-22-6-7-23-20)16(21)9-15(18)19(27)24-11-14-3-2-8-26(14)12-13-4-5-13/h9-10,13-14H,2-8,11-12H2,1H3,(H,24,27)(H2,22,23,25). The minimum Gasteiger partial charge on any atom is -0.496 e. The van der Waals surface area contributed by atoms with Gasteiger partial charge in [0.25, 0.3) is 5.91 Å². The van der Waals surface area contributed by atoms with Crippen molar-refractivity contribution in [1.82, 2.24) is 15.5 Å². The zero-order chi connectivity index (χ0) is 19.5. The van der Waals surface area contributed by atoms with Crippen LogP contribution in [0.5, 0.6) is 5.75 Å². The van der Waals surface area contributed by atoms with Crippen molar-refractivity contribution in [2.45, 2.75) is 31.7 Å². The van der Waals surface area contributed by atoms with Gasteiger partial charge in [-0.3, -0.25) is 14.7 Å². The second-order valence-electron chi connectivity index (χ2n) is 7.76. The molecule has 1 unspecified atom stereocenters. The number of guanidine groups is 1. The molecule has 1 saturated heterocycles. The van der Waals surface area contributed by atoms with Crippen LogP contribution in [0.15, 0.2) is 17.1 Å². The highest BCUT2D eigenvalue weighted by molar-refractivity contribution is 6.34. The molecule has 0 aromatic heterocycles. The highest BCUT2D eigenvalue weighted by atomic mass is 35.5. The molecule has 2 aliphatic heterocycles. The van der Waals surface area contributed by atoms with Crippen molar-refractivity contribution in [3.05, 3.63) is 22.7 Å². The number of hydrogen-bond donors (Lipinski definition) is 3. The van der Waals surface area contributed by atoms with Crippen molar-refractivity contribution in [1.29, 1.82) is 0 Å². The number of benzene rings is 1. The fourth-order valence-electron chi connectivity index (χ4n) is 3.91. The molecule has 1 aromatic carbocycles. The van der Waals surface area contributed by atoms with Crippen LogP contribution in [0.2, 0.25) is 5.02 Å². The van der Waals surface area contributed by atoms with Crippen molar-refractivity contribution in [3.63, 3.8) is 0 Å². The van der Waals surface area contributed by atoms with E-state index in [1.807, 2.05) is 0 Å². The third kappa shape index (κ3) is 4.52. The first-order chi connectivity index (χ1) is 13.6. The maximum Gasteiger partial charge on any atom is 0.255 e. The molecule has 0 radical (unpaired) electrons. The third-order valence-corrected chi connectivity index (χ3v) is 5.96. The molecule has 1 saturated carbocycles. The summed E-state index contributed by atoms with van der Waals surface area (Å²) in [6.45, 7) is 4.51. The van der Waals surface area contributed by atoms with E-state index in [-0.39, 0.29) is 5.91 Å². The molecular formula is C20H28ClN5O2. The first-order valence-corrected chi connectivity index (χ1v) is 10.5. The van der Waals surface area contributed by atoms with E-state index in [1.54, 1.807) is 19.2 Å². The lowest BCUT2D eigenvalue weighted by molar-refractivity contribution is 0.0937. The highest BCUT2D eigenvalue weighted by Gasteiger charge is 2.31. The smallest absolute Gasteiger partial charge is 0.255 e. The van der Waals surface area contributed by atoms with Gasteiger partial charge in [0.2, 0.25) is 0 Å². The summed E-state index contributed by atoms with van der Waals surface area (Å²) in [4.78, 5) is 19.6. The SMILES string of the molecule is COc1cc(NC2=NCCN2)c(Cl)cc1C(=O)NCC1CCCN1CC1CC1. The summed E-state index contributed by atoms with van der Waals surface area (Å²) in [5.74, 6) is 1.89. The Labute approximate surface area is 170 Å². The van der Waals surface area contributed by atoms with Gasteiger partial charge in [0, 0.05) is 31.7 Å². The highest BCUT2D eigenvalue weighted by Crippen LogP contribution is 2.33. The second-order valence-corrected chi connectivity index (χ2v) is 8.17. The van der Waals surface area contributed by atoms with Crippen molar-refractivity contribution < 1.29 is 9.53 Å². The first kappa shape index (κ1) is 19.3. The summed E-state index contributed by atoms with van der Waals surface area (Å²) in [6, 6.07) is 3.83. The van der Waals surface area contributed by atoms with Gasteiger partial charge in [-0.2, -0.15) is 0 Å². The Kier molecular flexibility index (Phi) is 5.92. The van der Waals surface area contributed by atoms with Crippen molar-refractivity contribution >= 4 is 29.2 Å². The zero-order valence-electron chi connectivity index (χ0n) is 16.3. The van der Waals surface area contributed by atoms with E-state index in [9.17, 15) is 4.79 Å². The summed E-state index contributed by atoms with van der Waals surface area (Å²) in [6.07, 6.45) is 5.06. The number of nitrogens with one attached hydrogen (secondary N) is 3. The van der Waals surface area contributed by atoms with Crippen molar-refractivity contribution in [2.75, 3.05) is 45.2 Å². The number of amides is 1. The Balaban J connectivity index is 1.40. The van der Waals surface area contributed by atoms with Crippen LogP contribution < -0.4 is 20.7 Å². The van der Waals surface area contributed by atoms with Gasteiger partial charge in [0.15, 0.2) is 5.96 Å². The topological polar surface area (TPSA) is 78.0 Å². The molecule has 2 fully saturated rings. The number of hydrogen-bond acceptors (Lipinski definition) is 6. The molecule has 1 atom stereocenters. The largest absolute Gasteiger partial charge is 0.496 e. The molecule has 0 spiro atoms. The van der Waals surface area contributed by atoms with Gasteiger partial charge < -0.3 is 20.7 Å². The van der Waals surface area contributed by atoms with E-state index in [1.165, 1.54) is 25.8 Å². The summed E-state index contributed by atoms with van der Waals surface area (Å²) < 4.78 is 5.45. The number of nitrogens with zero attached hydrogens (tertiary/aromatic N) is 2. The van der Waals surface area contributed by atoms with E-state index in [0.29, 0.717) is 40.6 Å². The van der Waals surface area contributed by atoms with Crippen molar-refractivity contribution in [2.24, 2.45) is 10.9 Å². The fraction of sp³-hybridized carbons (Fsp3) is 0.600. The molecule has 8 heteroatoms. The number of halogens is 1. The van der Waals surface area contributed by atoms with Crippen LogP contribution in [0.25, 0.3) is 0 Å². The number of ether oxygens (including phenoxy) is 1. The van der Waals surface area contributed by atoms with Gasteiger partial charge in [-0.05, 0) is 44.2 Å². The lowest BCUT2D eigenvalue weighted by Crippen LogP contribution is -2.41. The van der Waals surface area contributed by atoms with Crippen molar-refractivity contribution in [3.8, 4) is 5.75 Å². The molecule has 1 amide bonds. The summed E-state index contributed by atoms with van der Waals surface area (Å²) in [7, 11) is 1.56. The van der Waals surface area contributed by atoms with Gasteiger partial charge in [-0.1, -0.05) is 11.6 Å². The monoisotopic (exact) mass is 405 g/mol. The molecule has 3 N–H and O–H groups in total. The van der Waals surface area contributed by atoms with E-state index < -0.39 is 0 Å². The fourth-order valence-corrected chi connectivity index (χ4v) is 4.12. The van der Waals surface area contributed by atoms with Crippen LogP contribution in [0.3, 0.4) is 0 Å². The predicted octanol–water partition coefficient (Wildman–Crippen LogP) is 2.32. The maximum atomic E-state index is 12.8. The molecule has 4 rings (SSSR count).